The van der Waals surface area contributed by atoms with Crippen molar-refractivity contribution in [3.05, 3.63) is 0 Å². The fraction of sp³-hybridized carbons (Fsp3) is 1.00. The minimum Gasteiger partial charge on any atom is -0.396 e. The van der Waals surface area contributed by atoms with Gasteiger partial charge in [-0.2, -0.15) is 0 Å². The standard InChI is InChI=1S/C6H10F2O/c7-6(8)2-1-5(3-6)4-9/h5,9H,1-4H2. The molecule has 0 radical (unpaired) electrons. The van der Waals surface area contributed by atoms with E-state index in [1.165, 1.54) is 0 Å². The normalized spacial score (nSPS) is 33.0. The van der Waals surface area contributed by atoms with Crippen LogP contribution in [0.5, 0.6) is 0 Å². The molecule has 1 aliphatic rings. The van der Waals surface area contributed by atoms with Crippen LogP contribution in [0.1, 0.15) is 19.3 Å². The molecule has 1 fully saturated rings. The van der Waals surface area contributed by atoms with Gasteiger partial charge in [0.1, 0.15) is 0 Å². The second kappa shape index (κ2) is 2.21. The maximum atomic E-state index is 12.3. The van der Waals surface area contributed by atoms with Gasteiger partial charge in [0, 0.05) is 19.4 Å². The van der Waals surface area contributed by atoms with Gasteiger partial charge < -0.3 is 5.11 Å². The van der Waals surface area contributed by atoms with E-state index < -0.39 is 5.92 Å². The van der Waals surface area contributed by atoms with E-state index in [2.05, 4.69) is 0 Å². The van der Waals surface area contributed by atoms with Gasteiger partial charge in [-0.05, 0) is 12.3 Å². The summed E-state index contributed by atoms with van der Waals surface area (Å²) in [5, 5.41) is 8.46. The van der Waals surface area contributed by atoms with Crippen molar-refractivity contribution in [3.63, 3.8) is 0 Å². The van der Waals surface area contributed by atoms with Crippen LogP contribution in [0.2, 0.25) is 0 Å². The van der Waals surface area contributed by atoms with E-state index in [0.717, 1.165) is 0 Å². The third-order valence-corrected chi connectivity index (χ3v) is 1.76. The van der Waals surface area contributed by atoms with E-state index in [1.54, 1.807) is 0 Å². The summed E-state index contributed by atoms with van der Waals surface area (Å²) in [6.45, 7) is -0.0877. The first-order valence-electron chi connectivity index (χ1n) is 3.13. The van der Waals surface area contributed by atoms with E-state index in [-0.39, 0.29) is 25.4 Å². The number of aliphatic hydroxyl groups is 1. The molecule has 0 aromatic carbocycles. The Morgan fingerprint density at radius 3 is 2.44 bits per heavy atom. The van der Waals surface area contributed by atoms with Crippen LogP contribution in [-0.2, 0) is 0 Å². The molecule has 1 aliphatic carbocycles. The zero-order valence-electron chi connectivity index (χ0n) is 5.11. The largest absolute Gasteiger partial charge is 0.396 e. The average Bonchev–Trinajstić information content (AvgIpc) is 2.10. The van der Waals surface area contributed by atoms with Gasteiger partial charge in [0.15, 0.2) is 0 Å². The lowest BCUT2D eigenvalue weighted by Gasteiger charge is -2.06. The number of halogens is 2. The van der Waals surface area contributed by atoms with Crippen LogP contribution in [-0.4, -0.2) is 17.6 Å². The average molecular weight is 136 g/mol. The summed E-state index contributed by atoms with van der Waals surface area (Å²) >= 11 is 0. The Kier molecular flexibility index (Phi) is 1.70. The highest BCUT2D eigenvalue weighted by atomic mass is 19.3. The Morgan fingerprint density at radius 2 is 2.22 bits per heavy atom. The molecule has 0 heterocycles. The predicted octanol–water partition coefficient (Wildman–Crippen LogP) is 1.41. The predicted molar refractivity (Wildman–Crippen MR) is 29.4 cm³/mol. The molecule has 9 heavy (non-hydrogen) atoms. The Labute approximate surface area is 52.7 Å². The van der Waals surface area contributed by atoms with Gasteiger partial charge in [-0.25, -0.2) is 8.78 Å². The van der Waals surface area contributed by atoms with E-state index in [4.69, 9.17) is 5.11 Å². The summed E-state index contributed by atoms with van der Waals surface area (Å²) < 4.78 is 24.5. The van der Waals surface area contributed by atoms with Crippen molar-refractivity contribution in [2.75, 3.05) is 6.61 Å². The van der Waals surface area contributed by atoms with Gasteiger partial charge in [-0.3, -0.25) is 0 Å². The number of hydrogen-bond donors (Lipinski definition) is 1. The van der Waals surface area contributed by atoms with Crippen LogP contribution in [0, 0.1) is 5.92 Å². The molecule has 1 rings (SSSR count). The fourth-order valence-corrected chi connectivity index (χ4v) is 1.20. The highest BCUT2D eigenvalue weighted by Crippen LogP contribution is 2.38. The summed E-state index contributed by atoms with van der Waals surface area (Å²) in [5.74, 6) is -2.65. The van der Waals surface area contributed by atoms with Crippen molar-refractivity contribution in [2.45, 2.75) is 25.2 Å². The van der Waals surface area contributed by atoms with Crippen molar-refractivity contribution in [3.8, 4) is 0 Å². The SMILES string of the molecule is OCC1CCC(F)(F)C1. The van der Waals surface area contributed by atoms with Crippen molar-refractivity contribution < 1.29 is 13.9 Å². The molecule has 1 saturated carbocycles. The monoisotopic (exact) mass is 136 g/mol. The molecule has 0 amide bonds. The molecule has 0 spiro atoms. The summed E-state index contributed by atoms with van der Waals surface area (Å²) in [7, 11) is 0. The van der Waals surface area contributed by atoms with Crippen LogP contribution in [0.25, 0.3) is 0 Å². The van der Waals surface area contributed by atoms with E-state index in [9.17, 15) is 8.78 Å². The molecule has 54 valence electrons. The van der Waals surface area contributed by atoms with E-state index in [1.807, 2.05) is 0 Å². The molecule has 0 aromatic rings. The summed E-state index contributed by atoms with van der Waals surface area (Å²) in [4.78, 5) is 0. The Bertz CT molecular complexity index is 103. The minimum atomic E-state index is -2.49. The van der Waals surface area contributed by atoms with E-state index >= 15 is 0 Å². The van der Waals surface area contributed by atoms with Crippen LogP contribution < -0.4 is 0 Å². The smallest absolute Gasteiger partial charge is 0.248 e. The maximum Gasteiger partial charge on any atom is 0.248 e. The molecule has 0 aromatic heterocycles. The molecule has 1 N–H and O–H groups in total. The molecular weight excluding hydrogens is 126 g/mol. The van der Waals surface area contributed by atoms with Crippen LogP contribution in [0.15, 0.2) is 0 Å². The van der Waals surface area contributed by atoms with Gasteiger partial charge in [-0.15, -0.1) is 0 Å². The van der Waals surface area contributed by atoms with Gasteiger partial charge in [0.05, 0.1) is 0 Å². The summed E-state index contributed by atoms with van der Waals surface area (Å²) in [6, 6.07) is 0. The second-order valence-electron chi connectivity index (χ2n) is 2.65. The molecule has 1 atom stereocenters. The molecule has 0 aliphatic heterocycles. The molecule has 3 heteroatoms. The molecule has 0 bridgehead atoms. The van der Waals surface area contributed by atoms with Crippen LogP contribution in [0.3, 0.4) is 0 Å². The van der Waals surface area contributed by atoms with Crippen molar-refractivity contribution in [1.29, 1.82) is 0 Å². The number of alkyl halides is 2. The molecular formula is C6H10F2O. The Morgan fingerprint density at radius 1 is 1.56 bits per heavy atom. The zero-order valence-corrected chi connectivity index (χ0v) is 5.11. The summed E-state index contributed by atoms with van der Waals surface area (Å²) in [6.07, 6.45) is 0.311. The Balaban J connectivity index is 2.38. The lowest BCUT2D eigenvalue weighted by molar-refractivity contribution is 0.00228. The van der Waals surface area contributed by atoms with Gasteiger partial charge in [0.25, 0.3) is 0 Å². The highest BCUT2D eigenvalue weighted by molar-refractivity contribution is 4.80. The Hall–Kier alpha value is -0.180. The third kappa shape index (κ3) is 1.61. The fourth-order valence-electron chi connectivity index (χ4n) is 1.20. The lowest BCUT2D eigenvalue weighted by atomic mass is 10.1. The van der Waals surface area contributed by atoms with E-state index in [0.29, 0.717) is 6.42 Å². The lowest BCUT2D eigenvalue weighted by Crippen LogP contribution is -2.10. The van der Waals surface area contributed by atoms with Crippen molar-refractivity contribution in [1.82, 2.24) is 0 Å². The first-order valence-corrected chi connectivity index (χ1v) is 3.13. The van der Waals surface area contributed by atoms with Gasteiger partial charge >= 0.3 is 0 Å². The molecule has 1 unspecified atom stereocenters. The third-order valence-electron chi connectivity index (χ3n) is 1.76. The number of rotatable bonds is 1. The van der Waals surface area contributed by atoms with Crippen molar-refractivity contribution >= 4 is 0 Å². The van der Waals surface area contributed by atoms with Crippen LogP contribution in [0.4, 0.5) is 8.78 Å². The highest BCUT2D eigenvalue weighted by Gasteiger charge is 2.38. The topological polar surface area (TPSA) is 20.2 Å². The first kappa shape index (κ1) is 6.93. The maximum absolute atomic E-state index is 12.3. The first-order chi connectivity index (χ1) is 4.14. The van der Waals surface area contributed by atoms with Gasteiger partial charge in [0.2, 0.25) is 5.92 Å². The zero-order chi connectivity index (χ0) is 6.91. The molecule has 1 nitrogen and oxygen atoms in total. The summed E-state index contributed by atoms with van der Waals surface area (Å²) in [5.41, 5.74) is 0. The van der Waals surface area contributed by atoms with Gasteiger partial charge in [-0.1, -0.05) is 0 Å². The second-order valence-corrected chi connectivity index (χ2v) is 2.65. The van der Waals surface area contributed by atoms with Crippen LogP contribution >= 0.6 is 0 Å². The number of hydrogen-bond acceptors (Lipinski definition) is 1. The minimum absolute atomic E-state index is 0.0434. The van der Waals surface area contributed by atoms with Crippen molar-refractivity contribution in [2.24, 2.45) is 5.92 Å². The molecule has 0 saturated heterocycles. The quantitative estimate of drug-likeness (QED) is 0.578. The number of aliphatic hydroxyl groups excluding tert-OH is 1.